The fourth-order valence-electron chi connectivity index (χ4n) is 2.29. The van der Waals surface area contributed by atoms with Crippen LogP contribution in [0.3, 0.4) is 0 Å². The minimum absolute atomic E-state index is 0.0833. The van der Waals surface area contributed by atoms with Crippen molar-refractivity contribution in [1.82, 2.24) is 4.57 Å². The van der Waals surface area contributed by atoms with Gasteiger partial charge in [0.25, 0.3) is 5.56 Å². The normalized spacial score (nSPS) is 12.2. The van der Waals surface area contributed by atoms with Gasteiger partial charge in [0.15, 0.2) is 0 Å². The lowest BCUT2D eigenvalue weighted by Crippen LogP contribution is -2.35. The minimum atomic E-state index is -1.09. The number of rotatable bonds is 2. The van der Waals surface area contributed by atoms with Gasteiger partial charge in [0.1, 0.15) is 0 Å². The molecule has 0 aromatic carbocycles. The second-order valence-corrected chi connectivity index (χ2v) is 5.17. The lowest BCUT2D eigenvalue weighted by atomic mass is 9.94. The summed E-state index contributed by atoms with van der Waals surface area (Å²) in [6.45, 7) is 11.0. The van der Waals surface area contributed by atoms with E-state index >= 15 is 0 Å². The predicted octanol–water partition coefficient (Wildman–Crippen LogP) is 2.27. The van der Waals surface area contributed by atoms with E-state index < -0.39 is 5.60 Å². The zero-order chi connectivity index (χ0) is 12.7. The van der Waals surface area contributed by atoms with E-state index in [1.165, 1.54) is 0 Å². The molecule has 90 valence electrons. The monoisotopic (exact) mass is 223 g/mol. The van der Waals surface area contributed by atoms with Crippen LogP contribution in [0, 0.1) is 13.8 Å². The summed E-state index contributed by atoms with van der Waals surface area (Å²) in [6.07, 6.45) is 0. The molecule has 0 aliphatic rings. The molecule has 16 heavy (non-hydrogen) atoms. The Bertz CT molecular complexity index is 450. The summed E-state index contributed by atoms with van der Waals surface area (Å²) in [7, 11) is 0. The van der Waals surface area contributed by atoms with Crippen LogP contribution in [0.5, 0.6) is 0 Å². The molecule has 1 aromatic heterocycles. The Morgan fingerprint density at radius 2 is 1.81 bits per heavy atom. The number of aryl methyl sites for hydroxylation is 2. The van der Waals surface area contributed by atoms with E-state index in [0.29, 0.717) is 5.56 Å². The second kappa shape index (κ2) is 4.06. The van der Waals surface area contributed by atoms with Crippen LogP contribution in [0.25, 0.3) is 0 Å². The van der Waals surface area contributed by atoms with Crippen molar-refractivity contribution in [2.75, 3.05) is 0 Å². The Hall–Kier alpha value is -1.09. The van der Waals surface area contributed by atoms with Crippen molar-refractivity contribution in [3.63, 3.8) is 0 Å². The third kappa shape index (κ3) is 2.19. The molecular formula is C13H21NO2. The number of hydrogen-bond acceptors (Lipinski definition) is 2. The first-order valence-electron chi connectivity index (χ1n) is 5.62. The molecule has 0 aliphatic carbocycles. The van der Waals surface area contributed by atoms with Crippen LogP contribution in [0.4, 0.5) is 0 Å². The molecule has 3 nitrogen and oxygen atoms in total. The number of pyridine rings is 1. The molecule has 3 heteroatoms. The van der Waals surface area contributed by atoms with Gasteiger partial charge in [-0.15, -0.1) is 0 Å². The fraction of sp³-hybridized carbons (Fsp3) is 0.615. The van der Waals surface area contributed by atoms with Gasteiger partial charge in [0.2, 0.25) is 0 Å². The number of aliphatic hydroxyl groups is 1. The Morgan fingerprint density at radius 3 is 2.19 bits per heavy atom. The molecule has 1 heterocycles. The van der Waals surface area contributed by atoms with Gasteiger partial charge in [-0.05, 0) is 53.2 Å². The van der Waals surface area contributed by atoms with Gasteiger partial charge >= 0.3 is 0 Å². The van der Waals surface area contributed by atoms with Gasteiger partial charge in [-0.1, -0.05) is 0 Å². The van der Waals surface area contributed by atoms with E-state index in [1.54, 1.807) is 18.4 Å². The summed E-state index contributed by atoms with van der Waals surface area (Å²) in [5.41, 5.74) is 1.11. The van der Waals surface area contributed by atoms with Crippen molar-refractivity contribution in [2.45, 2.75) is 53.2 Å². The largest absolute Gasteiger partial charge is 0.386 e. The summed E-state index contributed by atoms with van der Waals surface area (Å²) in [6, 6.07) is 2.06. The summed E-state index contributed by atoms with van der Waals surface area (Å²) in [4.78, 5) is 12.3. The Kier molecular flexibility index (Phi) is 3.29. The van der Waals surface area contributed by atoms with Gasteiger partial charge < -0.3 is 9.67 Å². The molecule has 0 atom stereocenters. The third-order valence-electron chi connectivity index (χ3n) is 2.76. The average Bonchev–Trinajstić information content (AvgIpc) is 1.97. The SMILES string of the molecule is Cc1cc(C)n(C(C)C)c(=O)c1C(C)(C)O. The van der Waals surface area contributed by atoms with E-state index in [2.05, 4.69) is 0 Å². The van der Waals surface area contributed by atoms with Gasteiger partial charge in [0.05, 0.1) is 11.2 Å². The van der Waals surface area contributed by atoms with Crippen LogP contribution in [-0.4, -0.2) is 9.67 Å². The van der Waals surface area contributed by atoms with E-state index in [9.17, 15) is 9.90 Å². The Labute approximate surface area is 96.7 Å². The smallest absolute Gasteiger partial charge is 0.257 e. The minimum Gasteiger partial charge on any atom is -0.386 e. The van der Waals surface area contributed by atoms with Crippen LogP contribution in [0.2, 0.25) is 0 Å². The number of nitrogens with zero attached hydrogens (tertiary/aromatic N) is 1. The van der Waals surface area contributed by atoms with Crippen LogP contribution < -0.4 is 5.56 Å². The second-order valence-electron chi connectivity index (χ2n) is 5.17. The summed E-state index contributed by atoms with van der Waals surface area (Å²) >= 11 is 0. The molecule has 0 bridgehead atoms. The molecule has 0 saturated heterocycles. The lowest BCUT2D eigenvalue weighted by Gasteiger charge is -2.23. The van der Waals surface area contributed by atoms with E-state index in [0.717, 1.165) is 11.3 Å². The molecule has 0 spiro atoms. The van der Waals surface area contributed by atoms with Crippen LogP contribution in [-0.2, 0) is 5.60 Å². The molecule has 0 radical (unpaired) electrons. The molecule has 1 N–H and O–H groups in total. The Balaban J connectivity index is 3.66. The van der Waals surface area contributed by atoms with E-state index in [1.807, 2.05) is 33.8 Å². The Morgan fingerprint density at radius 1 is 1.31 bits per heavy atom. The standard InChI is InChI=1S/C13H21NO2/c1-8(2)14-10(4)7-9(3)11(12(14)15)13(5,6)16/h7-8,16H,1-6H3. The van der Waals surface area contributed by atoms with Crippen molar-refractivity contribution in [3.8, 4) is 0 Å². The number of aromatic nitrogens is 1. The molecule has 0 saturated carbocycles. The van der Waals surface area contributed by atoms with Crippen molar-refractivity contribution in [3.05, 3.63) is 33.2 Å². The third-order valence-corrected chi connectivity index (χ3v) is 2.76. The van der Waals surface area contributed by atoms with Crippen molar-refractivity contribution >= 4 is 0 Å². The quantitative estimate of drug-likeness (QED) is 0.835. The lowest BCUT2D eigenvalue weighted by molar-refractivity contribution is 0.0756. The molecule has 0 fully saturated rings. The predicted molar refractivity (Wildman–Crippen MR) is 65.8 cm³/mol. The van der Waals surface area contributed by atoms with Gasteiger partial charge in [0, 0.05) is 11.7 Å². The highest BCUT2D eigenvalue weighted by atomic mass is 16.3. The molecule has 1 rings (SSSR count). The fourth-order valence-corrected chi connectivity index (χ4v) is 2.29. The van der Waals surface area contributed by atoms with Gasteiger partial charge in [-0.2, -0.15) is 0 Å². The molecule has 1 aromatic rings. The maximum absolute atomic E-state index is 12.3. The maximum Gasteiger partial charge on any atom is 0.257 e. The first kappa shape index (κ1) is 13.0. The van der Waals surface area contributed by atoms with Gasteiger partial charge in [-0.25, -0.2) is 0 Å². The first-order valence-corrected chi connectivity index (χ1v) is 5.62. The zero-order valence-corrected chi connectivity index (χ0v) is 11.0. The van der Waals surface area contributed by atoms with Crippen molar-refractivity contribution in [2.24, 2.45) is 0 Å². The highest BCUT2D eigenvalue weighted by molar-refractivity contribution is 5.30. The van der Waals surface area contributed by atoms with E-state index in [-0.39, 0.29) is 11.6 Å². The summed E-state index contributed by atoms with van der Waals surface area (Å²) < 4.78 is 1.72. The van der Waals surface area contributed by atoms with Crippen LogP contribution in [0.1, 0.15) is 50.6 Å². The van der Waals surface area contributed by atoms with Crippen LogP contribution >= 0.6 is 0 Å². The zero-order valence-electron chi connectivity index (χ0n) is 11.0. The highest BCUT2D eigenvalue weighted by Gasteiger charge is 2.24. The van der Waals surface area contributed by atoms with Gasteiger partial charge in [-0.3, -0.25) is 4.79 Å². The first-order chi connectivity index (χ1) is 7.16. The molecule has 0 aliphatic heterocycles. The number of hydrogen-bond donors (Lipinski definition) is 1. The van der Waals surface area contributed by atoms with Crippen molar-refractivity contribution in [1.29, 1.82) is 0 Å². The summed E-state index contributed by atoms with van der Waals surface area (Å²) in [5, 5.41) is 10.0. The highest BCUT2D eigenvalue weighted by Crippen LogP contribution is 2.21. The maximum atomic E-state index is 12.3. The van der Waals surface area contributed by atoms with Crippen LogP contribution in [0.15, 0.2) is 10.9 Å². The average molecular weight is 223 g/mol. The summed E-state index contributed by atoms with van der Waals surface area (Å²) in [5.74, 6) is 0. The van der Waals surface area contributed by atoms with E-state index in [4.69, 9.17) is 0 Å². The molecule has 0 unspecified atom stereocenters. The molecular weight excluding hydrogens is 202 g/mol. The topological polar surface area (TPSA) is 42.2 Å². The molecule has 0 amide bonds. The van der Waals surface area contributed by atoms with Crippen molar-refractivity contribution < 1.29 is 5.11 Å².